The van der Waals surface area contributed by atoms with Crippen LogP contribution in [-0.2, 0) is 11.2 Å². The van der Waals surface area contributed by atoms with Crippen molar-refractivity contribution < 1.29 is 14.6 Å². The summed E-state index contributed by atoms with van der Waals surface area (Å²) in [5.74, 6) is -0.0668. The zero-order chi connectivity index (χ0) is 13.1. The molecule has 0 unspecified atom stereocenters. The second kappa shape index (κ2) is 4.91. The highest BCUT2D eigenvalue weighted by atomic mass is 16.5. The standard InChI is InChI=1S/C13H14N2O3/c1-9-7-11(3-4-12(9)18-2)15-6-5-10(14-15)8-13(16)17/h3-7H,8H2,1-2H3,(H,16,17). The van der Waals surface area contributed by atoms with Crippen LogP contribution in [0.15, 0.2) is 30.5 Å². The van der Waals surface area contributed by atoms with Gasteiger partial charge in [0, 0.05) is 6.20 Å². The Morgan fingerprint density at radius 1 is 1.44 bits per heavy atom. The van der Waals surface area contributed by atoms with Crippen molar-refractivity contribution in [2.24, 2.45) is 0 Å². The predicted molar refractivity (Wildman–Crippen MR) is 66.2 cm³/mol. The molecule has 94 valence electrons. The van der Waals surface area contributed by atoms with Crippen LogP contribution in [0.2, 0.25) is 0 Å². The topological polar surface area (TPSA) is 64.3 Å². The quantitative estimate of drug-likeness (QED) is 0.893. The highest BCUT2D eigenvalue weighted by molar-refractivity contribution is 5.69. The number of aryl methyl sites for hydroxylation is 1. The van der Waals surface area contributed by atoms with Crippen molar-refractivity contribution in [1.82, 2.24) is 9.78 Å². The summed E-state index contributed by atoms with van der Waals surface area (Å²) in [4.78, 5) is 10.6. The molecule has 1 aromatic heterocycles. The fourth-order valence-corrected chi connectivity index (χ4v) is 1.76. The molecule has 5 nitrogen and oxygen atoms in total. The number of carboxylic acid groups (broad SMARTS) is 1. The highest BCUT2D eigenvalue weighted by Crippen LogP contribution is 2.20. The predicted octanol–water partition coefficient (Wildman–Crippen LogP) is 1.82. The van der Waals surface area contributed by atoms with Crippen LogP contribution in [0.25, 0.3) is 5.69 Å². The number of carbonyl (C=O) groups is 1. The maximum absolute atomic E-state index is 10.6. The third-order valence-electron chi connectivity index (χ3n) is 2.62. The van der Waals surface area contributed by atoms with E-state index in [-0.39, 0.29) is 6.42 Å². The molecule has 0 amide bonds. The maximum Gasteiger partial charge on any atom is 0.309 e. The van der Waals surface area contributed by atoms with Crippen molar-refractivity contribution in [3.05, 3.63) is 41.7 Å². The molecule has 0 saturated carbocycles. The fourth-order valence-electron chi connectivity index (χ4n) is 1.76. The first-order chi connectivity index (χ1) is 8.60. The lowest BCUT2D eigenvalue weighted by Crippen LogP contribution is -2.02. The number of aliphatic carboxylic acids is 1. The SMILES string of the molecule is COc1ccc(-n2ccc(CC(=O)O)n2)cc1C. The minimum Gasteiger partial charge on any atom is -0.496 e. The van der Waals surface area contributed by atoms with E-state index >= 15 is 0 Å². The molecule has 0 aliphatic carbocycles. The van der Waals surface area contributed by atoms with E-state index in [0.717, 1.165) is 17.0 Å². The molecule has 0 atom stereocenters. The lowest BCUT2D eigenvalue weighted by Gasteiger charge is -2.07. The van der Waals surface area contributed by atoms with E-state index in [1.54, 1.807) is 24.1 Å². The molecule has 1 N–H and O–H groups in total. The lowest BCUT2D eigenvalue weighted by atomic mass is 10.2. The Hall–Kier alpha value is -2.30. The van der Waals surface area contributed by atoms with Gasteiger partial charge in [0.05, 0.1) is 24.9 Å². The molecule has 18 heavy (non-hydrogen) atoms. The molecular weight excluding hydrogens is 232 g/mol. The van der Waals surface area contributed by atoms with Crippen LogP contribution >= 0.6 is 0 Å². The van der Waals surface area contributed by atoms with Crippen molar-refractivity contribution >= 4 is 5.97 Å². The second-order valence-electron chi connectivity index (χ2n) is 3.98. The summed E-state index contributed by atoms with van der Waals surface area (Å²) >= 11 is 0. The van der Waals surface area contributed by atoms with E-state index in [2.05, 4.69) is 5.10 Å². The van der Waals surface area contributed by atoms with Gasteiger partial charge in [0.15, 0.2) is 0 Å². The Bertz CT molecular complexity index is 575. The average molecular weight is 246 g/mol. The number of nitrogens with zero attached hydrogens (tertiary/aromatic N) is 2. The number of ether oxygens (including phenoxy) is 1. The van der Waals surface area contributed by atoms with Crippen molar-refractivity contribution in [1.29, 1.82) is 0 Å². The van der Waals surface area contributed by atoms with Gasteiger partial charge in [-0.15, -0.1) is 0 Å². The molecule has 0 radical (unpaired) electrons. The van der Waals surface area contributed by atoms with Crippen molar-refractivity contribution in [3.63, 3.8) is 0 Å². The smallest absolute Gasteiger partial charge is 0.309 e. The minimum absolute atomic E-state index is 0.0673. The van der Waals surface area contributed by atoms with Crippen LogP contribution in [0.4, 0.5) is 0 Å². The number of carboxylic acids is 1. The van der Waals surface area contributed by atoms with Gasteiger partial charge in [-0.1, -0.05) is 0 Å². The summed E-state index contributed by atoms with van der Waals surface area (Å²) < 4.78 is 6.84. The first-order valence-corrected chi connectivity index (χ1v) is 5.51. The number of aromatic nitrogens is 2. The van der Waals surface area contributed by atoms with Crippen LogP contribution in [0.1, 0.15) is 11.3 Å². The molecule has 0 saturated heterocycles. The van der Waals surface area contributed by atoms with Gasteiger partial charge in [0.25, 0.3) is 0 Å². The average Bonchev–Trinajstić information content (AvgIpc) is 2.76. The van der Waals surface area contributed by atoms with Gasteiger partial charge in [-0.05, 0) is 36.8 Å². The van der Waals surface area contributed by atoms with Gasteiger partial charge in [-0.3, -0.25) is 4.79 Å². The highest BCUT2D eigenvalue weighted by Gasteiger charge is 2.06. The molecule has 2 rings (SSSR count). The molecular formula is C13H14N2O3. The van der Waals surface area contributed by atoms with E-state index in [9.17, 15) is 4.79 Å². The van der Waals surface area contributed by atoms with Crippen molar-refractivity contribution in [3.8, 4) is 11.4 Å². The van der Waals surface area contributed by atoms with Crippen molar-refractivity contribution in [2.45, 2.75) is 13.3 Å². The van der Waals surface area contributed by atoms with E-state index in [4.69, 9.17) is 9.84 Å². The third-order valence-corrected chi connectivity index (χ3v) is 2.62. The van der Waals surface area contributed by atoms with E-state index in [1.165, 1.54) is 0 Å². The Morgan fingerprint density at radius 2 is 2.22 bits per heavy atom. The Kier molecular flexibility index (Phi) is 3.32. The van der Waals surface area contributed by atoms with E-state index in [0.29, 0.717) is 5.69 Å². The third kappa shape index (κ3) is 2.51. The summed E-state index contributed by atoms with van der Waals surface area (Å²) in [6.45, 7) is 1.95. The zero-order valence-corrected chi connectivity index (χ0v) is 10.3. The number of hydrogen-bond donors (Lipinski definition) is 1. The second-order valence-corrected chi connectivity index (χ2v) is 3.98. The molecule has 0 spiro atoms. The number of benzene rings is 1. The largest absolute Gasteiger partial charge is 0.496 e. The Morgan fingerprint density at radius 3 is 2.83 bits per heavy atom. The molecule has 1 aromatic carbocycles. The summed E-state index contributed by atoms with van der Waals surface area (Å²) in [6.07, 6.45) is 1.68. The monoisotopic (exact) mass is 246 g/mol. The van der Waals surface area contributed by atoms with Gasteiger partial charge < -0.3 is 9.84 Å². The maximum atomic E-state index is 10.6. The number of hydrogen-bond acceptors (Lipinski definition) is 3. The Balaban J connectivity index is 2.28. The fraction of sp³-hybridized carbons (Fsp3) is 0.231. The van der Waals surface area contributed by atoms with Gasteiger partial charge >= 0.3 is 5.97 Å². The zero-order valence-electron chi connectivity index (χ0n) is 10.3. The van der Waals surface area contributed by atoms with Crippen LogP contribution < -0.4 is 4.74 Å². The number of methoxy groups -OCH3 is 1. The Labute approximate surface area is 105 Å². The molecule has 0 aliphatic rings. The van der Waals surface area contributed by atoms with Gasteiger partial charge in [0.2, 0.25) is 0 Å². The van der Waals surface area contributed by atoms with Gasteiger partial charge in [-0.2, -0.15) is 5.10 Å². The van der Waals surface area contributed by atoms with E-state index < -0.39 is 5.97 Å². The van der Waals surface area contributed by atoms with E-state index in [1.807, 2.05) is 25.1 Å². The van der Waals surface area contributed by atoms with Crippen LogP contribution in [-0.4, -0.2) is 28.0 Å². The summed E-state index contributed by atoms with van der Waals surface area (Å²) in [7, 11) is 1.63. The number of rotatable bonds is 4. The molecule has 1 heterocycles. The molecule has 2 aromatic rings. The van der Waals surface area contributed by atoms with Gasteiger partial charge in [-0.25, -0.2) is 4.68 Å². The van der Waals surface area contributed by atoms with Gasteiger partial charge in [0.1, 0.15) is 5.75 Å². The first-order valence-electron chi connectivity index (χ1n) is 5.51. The first kappa shape index (κ1) is 12.2. The summed E-state index contributed by atoms with van der Waals surface area (Å²) in [5, 5.41) is 12.9. The van der Waals surface area contributed by atoms with Crippen LogP contribution in [0.5, 0.6) is 5.75 Å². The normalized spacial score (nSPS) is 10.3. The van der Waals surface area contributed by atoms with Crippen LogP contribution in [0.3, 0.4) is 0 Å². The molecule has 5 heteroatoms. The minimum atomic E-state index is -0.883. The summed E-state index contributed by atoms with van der Waals surface area (Å²) in [6, 6.07) is 7.39. The lowest BCUT2D eigenvalue weighted by molar-refractivity contribution is -0.136. The van der Waals surface area contributed by atoms with Crippen molar-refractivity contribution in [2.75, 3.05) is 7.11 Å². The molecule has 0 aliphatic heterocycles. The van der Waals surface area contributed by atoms with Crippen LogP contribution in [0, 0.1) is 6.92 Å². The molecule has 0 fully saturated rings. The summed E-state index contributed by atoms with van der Waals surface area (Å²) in [5.41, 5.74) is 2.42. The molecule has 0 bridgehead atoms.